The van der Waals surface area contributed by atoms with Crippen molar-refractivity contribution in [2.45, 2.75) is 44.7 Å². The molecule has 0 spiro atoms. The van der Waals surface area contributed by atoms with E-state index < -0.39 is 0 Å². The highest BCUT2D eigenvalue weighted by Crippen LogP contribution is 2.37. The Morgan fingerprint density at radius 3 is 2.83 bits per heavy atom. The van der Waals surface area contributed by atoms with Crippen molar-refractivity contribution in [1.29, 1.82) is 0 Å². The molecule has 1 saturated carbocycles. The summed E-state index contributed by atoms with van der Waals surface area (Å²) in [7, 11) is 1.68. The van der Waals surface area contributed by atoms with Gasteiger partial charge in [0.25, 0.3) is 0 Å². The molecule has 1 saturated heterocycles. The number of methoxy groups -OCH3 is 1. The molecule has 0 N–H and O–H groups in total. The topological polar surface area (TPSA) is 34.5 Å². The lowest BCUT2D eigenvalue weighted by atomic mass is 9.79. The zero-order chi connectivity index (χ0) is 15.8. The Kier molecular flexibility index (Phi) is 3.76. The van der Waals surface area contributed by atoms with Crippen LogP contribution in [0.5, 0.6) is 5.75 Å². The first-order chi connectivity index (χ1) is 11.3. The molecular formula is C19H24N2O2. The molecule has 23 heavy (non-hydrogen) atoms. The van der Waals surface area contributed by atoms with Gasteiger partial charge in [0.2, 0.25) is 5.91 Å². The van der Waals surface area contributed by atoms with Crippen molar-refractivity contribution in [3.63, 3.8) is 0 Å². The monoisotopic (exact) mass is 312 g/mol. The van der Waals surface area contributed by atoms with E-state index in [1.54, 1.807) is 7.11 Å². The zero-order valence-corrected chi connectivity index (χ0v) is 13.7. The smallest absolute Gasteiger partial charge is 0.242 e. The molecule has 4 rings (SSSR count). The minimum atomic E-state index is 0.271. The fraction of sp³-hybridized carbons (Fsp3) is 0.526. The van der Waals surface area contributed by atoms with Crippen LogP contribution in [0.2, 0.25) is 0 Å². The molecule has 1 amide bonds. The van der Waals surface area contributed by atoms with Crippen molar-refractivity contribution in [1.82, 2.24) is 9.47 Å². The number of likely N-dealkylation sites (tertiary alicyclic amines) is 1. The number of carbonyl (C=O) groups excluding carboxylic acids is 1. The van der Waals surface area contributed by atoms with E-state index >= 15 is 0 Å². The third kappa shape index (κ3) is 2.60. The molecule has 1 atom stereocenters. The van der Waals surface area contributed by atoms with Gasteiger partial charge >= 0.3 is 0 Å². The van der Waals surface area contributed by atoms with Crippen molar-refractivity contribution in [3.8, 4) is 5.75 Å². The predicted octanol–water partition coefficient (Wildman–Crippen LogP) is 3.44. The molecule has 2 aliphatic rings. The Bertz CT molecular complexity index is 717. The maximum Gasteiger partial charge on any atom is 0.242 e. The molecule has 2 heterocycles. The van der Waals surface area contributed by atoms with Crippen LogP contribution in [0, 0.1) is 5.92 Å². The van der Waals surface area contributed by atoms with Gasteiger partial charge in [-0.05, 0) is 55.9 Å². The van der Waals surface area contributed by atoms with Crippen LogP contribution in [0.4, 0.5) is 0 Å². The fourth-order valence-electron chi connectivity index (χ4n) is 4.10. The van der Waals surface area contributed by atoms with Gasteiger partial charge in [0, 0.05) is 29.7 Å². The average molecular weight is 312 g/mol. The minimum Gasteiger partial charge on any atom is -0.497 e. The average Bonchev–Trinajstić information content (AvgIpc) is 3.12. The van der Waals surface area contributed by atoms with E-state index in [1.807, 2.05) is 24.4 Å². The highest BCUT2D eigenvalue weighted by atomic mass is 16.5. The van der Waals surface area contributed by atoms with Crippen molar-refractivity contribution in [2.75, 3.05) is 13.7 Å². The van der Waals surface area contributed by atoms with E-state index in [9.17, 15) is 4.79 Å². The molecule has 1 aromatic carbocycles. The van der Waals surface area contributed by atoms with Gasteiger partial charge in [-0.2, -0.15) is 0 Å². The highest BCUT2D eigenvalue weighted by molar-refractivity contribution is 5.84. The summed E-state index contributed by atoms with van der Waals surface area (Å²) >= 11 is 0. The minimum absolute atomic E-state index is 0.271. The van der Waals surface area contributed by atoms with Crippen LogP contribution in [0.25, 0.3) is 10.9 Å². The summed E-state index contributed by atoms with van der Waals surface area (Å²) in [5.41, 5.74) is 1.10. The van der Waals surface area contributed by atoms with Crippen molar-refractivity contribution < 1.29 is 9.53 Å². The lowest BCUT2D eigenvalue weighted by Crippen LogP contribution is -2.43. The van der Waals surface area contributed by atoms with E-state index in [-0.39, 0.29) is 5.91 Å². The number of hydrogen-bond acceptors (Lipinski definition) is 2. The van der Waals surface area contributed by atoms with Gasteiger partial charge in [0.1, 0.15) is 12.3 Å². The third-order valence-electron chi connectivity index (χ3n) is 5.60. The lowest BCUT2D eigenvalue weighted by Gasteiger charge is -2.37. The third-order valence-corrected chi connectivity index (χ3v) is 5.60. The summed E-state index contributed by atoms with van der Waals surface area (Å²) in [6.45, 7) is 1.38. The molecule has 0 radical (unpaired) electrons. The summed E-state index contributed by atoms with van der Waals surface area (Å²) in [6.07, 6.45) is 8.32. The summed E-state index contributed by atoms with van der Waals surface area (Å²) in [5.74, 6) is 1.88. The van der Waals surface area contributed by atoms with Crippen molar-refractivity contribution >= 4 is 16.8 Å². The van der Waals surface area contributed by atoms with Crippen LogP contribution in [-0.2, 0) is 11.3 Å². The highest BCUT2D eigenvalue weighted by Gasteiger charge is 2.37. The van der Waals surface area contributed by atoms with E-state index in [0.29, 0.717) is 12.6 Å². The van der Waals surface area contributed by atoms with Gasteiger partial charge in [-0.15, -0.1) is 0 Å². The van der Waals surface area contributed by atoms with Gasteiger partial charge in [-0.1, -0.05) is 6.42 Å². The number of nitrogens with zero attached hydrogens (tertiary/aromatic N) is 2. The molecule has 0 bridgehead atoms. The number of amides is 1. The fourth-order valence-corrected chi connectivity index (χ4v) is 4.10. The number of hydrogen-bond donors (Lipinski definition) is 0. The maximum atomic E-state index is 12.8. The van der Waals surface area contributed by atoms with Gasteiger partial charge in [-0.3, -0.25) is 4.79 Å². The first kappa shape index (κ1) is 14.6. The van der Waals surface area contributed by atoms with Crippen LogP contribution >= 0.6 is 0 Å². The van der Waals surface area contributed by atoms with Crippen LogP contribution < -0.4 is 4.74 Å². The Morgan fingerprint density at radius 1 is 1.22 bits per heavy atom. The molecule has 4 nitrogen and oxygen atoms in total. The van der Waals surface area contributed by atoms with E-state index in [4.69, 9.17) is 4.74 Å². The summed E-state index contributed by atoms with van der Waals surface area (Å²) in [4.78, 5) is 15.0. The Balaban J connectivity index is 1.52. The Labute approximate surface area is 137 Å². The quantitative estimate of drug-likeness (QED) is 0.867. The van der Waals surface area contributed by atoms with Crippen LogP contribution in [-0.4, -0.2) is 35.1 Å². The molecular weight excluding hydrogens is 288 g/mol. The molecule has 1 aliphatic heterocycles. The van der Waals surface area contributed by atoms with E-state index in [1.165, 1.54) is 25.7 Å². The Hall–Kier alpha value is -1.97. The number of aromatic nitrogens is 1. The summed E-state index contributed by atoms with van der Waals surface area (Å²) in [6, 6.07) is 8.56. The normalized spacial score (nSPS) is 21.6. The van der Waals surface area contributed by atoms with E-state index in [2.05, 4.69) is 15.5 Å². The number of benzene rings is 1. The number of ether oxygens (including phenoxy) is 1. The van der Waals surface area contributed by atoms with Gasteiger partial charge in [-0.25, -0.2) is 0 Å². The number of fused-ring (bicyclic) bond motifs is 1. The standard InChI is InChI=1S/C19H24N2O2/c1-23-16-7-8-17-15(12-16)9-11-20(17)13-19(22)21-10-3-6-18(21)14-4-2-5-14/h7-9,11-12,14,18H,2-6,10,13H2,1H3/t18-/m1/s1. The first-order valence-electron chi connectivity index (χ1n) is 8.68. The maximum absolute atomic E-state index is 12.8. The van der Waals surface area contributed by atoms with Crippen LogP contribution in [0.15, 0.2) is 30.5 Å². The summed E-state index contributed by atoms with van der Waals surface area (Å²) in [5, 5.41) is 1.12. The molecule has 4 heteroatoms. The first-order valence-corrected chi connectivity index (χ1v) is 8.68. The molecule has 122 valence electrons. The van der Waals surface area contributed by atoms with Crippen molar-refractivity contribution in [2.24, 2.45) is 5.92 Å². The molecule has 1 aromatic heterocycles. The van der Waals surface area contributed by atoms with E-state index in [0.717, 1.165) is 35.5 Å². The SMILES string of the molecule is COc1ccc2c(ccn2CC(=O)N2CCC[C@@H]2C2CCC2)c1. The second-order valence-electron chi connectivity index (χ2n) is 6.86. The molecule has 1 aliphatic carbocycles. The molecule has 0 unspecified atom stereocenters. The number of rotatable bonds is 4. The largest absolute Gasteiger partial charge is 0.497 e. The predicted molar refractivity (Wildman–Crippen MR) is 90.6 cm³/mol. The van der Waals surface area contributed by atoms with Gasteiger partial charge in [0.05, 0.1) is 7.11 Å². The molecule has 2 aromatic rings. The summed E-state index contributed by atoms with van der Waals surface area (Å²) < 4.78 is 7.33. The van der Waals surface area contributed by atoms with Crippen molar-refractivity contribution in [3.05, 3.63) is 30.5 Å². The zero-order valence-electron chi connectivity index (χ0n) is 13.7. The Morgan fingerprint density at radius 2 is 2.09 bits per heavy atom. The van der Waals surface area contributed by atoms with Crippen LogP contribution in [0.3, 0.4) is 0 Å². The number of carbonyl (C=O) groups is 1. The lowest BCUT2D eigenvalue weighted by molar-refractivity contribution is -0.134. The second-order valence-corrected chi connectivity index (χ2v) is 6.86. The van der Waals surface area contributed by atoms with Gasteiger partial charge in [0.15, 0.2) is 0 Å². The second kappa shape index (κ2) is 5.91. The van der Waals surface area contributed by atoms with Gasteiger partial charge < -0.3 is 14.2 Å². The van der Waals surface area contributed by atoms with Crippen LogP contribution in [0.1, 0.15) is 32.1 Å². The molecule has 2 fully saturated rings.